The summed E-state index contributed by atoms with van der Waals surface area (Å²) in [5.41, 5.74) is 1.83. The first kappa shape index (κ1) is 20.1. The van der Waals surface area contributed by atoms with Gasteiger partial charge < -0.3 is 9.47 Å². The van der Waals surface area contributed by atoms with E-state index in [1.54, 1.807) is 11.8 Å². The third kappa shape index (κ3) is 4.79. The number of carbonyl (C=O) groups is 1. The van der Waals surface area contributed by atoms with Crippen molar-refractivity contribution in [3.05, 3.63) is 53.4 Å². The number of hydrogen-bond acceptors (Lipinski definition) is 6. The van der Waals surface area contributed by atoms with Crippen LogP contribution in [0.4, 0.5) is 13.9 Å². The van der Waals surface area contributed by atoms with Gasteiger partial charge in [0, 0.05) is 21.4 Å². The predicted molar refractivity (Wildman–Crippen MR) is 107 cm³/mol. The summed E-state index contributed by atoms with van der Waals surface area (Å²) in [6, 6.07) is 12.0. The number of nitrogens with one attached hydrogen (secondary N) is 1. The molecule has 0 bridgehead atoms. The Hall–Kier alpha value is -2.65. The van der Waals surface area contributed by atoms with E-state index in [9.17, 15) is 13.6 Å². The minimum absolute atomic E-state index is 0.113. The van der Waals surface area contributed by atoms with Gasteiger partial charge in [0.15, 0.2) is 16.6 Å². The molecule has 0 saturated heterocycles. The van der Waals surface area contributed by atoms with Crippen molar-refractivity contribution < 1.29 is 23.0 Å². The lowest BCUT2D eigenvalue weighted by atomic mass is 10.2. The van der Waals surface area contributed by atoms with Gasteiger partial charge in [0.25, 0.3) is 5.91 Å². The highest BCUT2D eigenvalue weighted by atomic mass is 32.2. The molecule has 0 fully saturated rings. The summed E-state index contributed by atoms with van der Waals surface area (Å²) in [4.78, 5) is 18.0. The van der Waals surface area contributed by atoms with Gasteiger partial charge in [-0.25, -0.2) is 4.98 Å². The number of rotatable bonds is 7. The van der Waals surface area contributed by atoms with E-state index in [4.69, 9.17) is 4.74 Å². The minimum Gasteiger partial charge on any atom is -0.493 e. The second-order valence-corrected chi connectivity index (χ2v) is 7.20. The second kappa shape index (κ2) is 9.03. The fourth-order valence-electron chi connectivity index (χ4n) is 2.40. The third-order valence-electron chi connectivity index (χ3n) is 3.75. The van der Waals surface area contributed by atoms with Gasteiger partial charge >= 0.3 is 6.61 Å². The first-order chi connectivity index (χ1) is 13.5. The predicted octanol–water partition coefficient (Wildman–Crippen LogP) is 5.39. The molecule has 1 amide bonds. The van der Waals surface area contributed by atoms with Crippen LogP contribution in [0.3, 0.4) is 0 Å². The number of nitrogens with zero attached hydrogens (tertiary/aromatic N) is 1. The molecule has 0 aliphatic carbocycles. The summed E-state index contributed by atoms with van der Waals surface area (Å²) in [5.74, 6) is -0.582. The lowest BCUT2D eigenvalue weighted by Gasteiger charge is -2.11. The normalized spacial score (nSPS) is 10.8. The SMILES string of the molecule is COc1ccc(C(=O)Nc2nc(-c3ccc(SC)cc3)cs2)cc1OC(F)F. The zero-order valence-electron chi connectivity index (χ0n) is 14.9. The van der Waals surface area contributed by atoms with Crippen LogP contribution < -0.4 is 14.8 Å². The molecular weight excluding hydrogens is 406 g/mol. The molecule has 0 radical (unpaired) electrons. The molecule has 3 aromatic rings. The van der Waals surface area contributed by atoms with E-state index >= 15 is 0 Å². The highest BCUT2D eigenvalue weighted by Crippen LogP contribution is 2.31. The van der Waals surface area contributed by atoms with Crippen LogP contribution in [0.2, 0.25) is 0 Å². The van der Waals surface area contributed by atoms with Gasteiger partial charge in [-0.15, -0.1) is 23.1 Å². The topological polar surface area (TPSA) is 60.5 Å². The van der Waals surface area contributed by atoms with Gasteiger partial charge in [0.2, 0.25) is 0 Å². The quantitative estimate of drug-likeness (QED) is 0.517. The molecule has 0 aliphatic rings. The lowest BCUT2D eigenvalue weighted by molar-refractivity contribution is -0.0512. The van der Waals surface area contributed by atoms with E-state index in [0.717, 1.165) is 16.2 Å². The standard InChI is InChI=1S/C19H16F2N2O3S2/c1-25-15-8-5-12(9-16(15)26-18(20)21)17(24)23-19-22-14(10-28-19)11-3-6-13(27-2)7-4-11/h3-10,18H,1-2H3,(H,22,23,24). The van der Waals surface area contributed by atoms with Crippen molar-refractivity contribution in [1.82, 2.24) is 4.98 Å². The zero-order valence-corrected chi connectivity index (χ0v) is 16.6. The van der Waals surface area contributed by atoms with E-state index in [0.29, 0.717) is 5.13 Å². The summed E-state index contributed by atoms with van der Waals surface area (Å²) < 4.78 is 34.5. The van der Waals surface area contributed by atoms with E-state index in [1.807, 2.05) is 35.9 Å². The Bertz CT molecular complexity index is 962. The number of alkyl halides is 2. The molecule has 5 nitrogen and oxygen atoms in total. The summed E-state index contributed by atoms with van der Waals surface area (Å²) in [7, 11) is 1.33. The molecule has 3 rings (SSSR count). The zero-order chi connectivity index (χ0) is 20.1. The molecule has 0 aliphatic heterocycles. The first-order valence-corrected chi connectivity index (χ1v) is 10.1. The van der Waals surface area contributed by atoms with E-state index < -0.39 is 12.5 Å². The first-order valence-electron chi connectivity index (χ1n) is 8.04. The van der Waals surface area contributed by atoms with Gasteiger partial charge in [-0.3, -0.25) is 10.1 Å². The average molecular weight is 422 g/mol. The fraction of sp³-hybridized carbons (Fsp3) is 0.158. The highest BCUT2D eigenvalue weighted by molar-refractivity contribution is 7.98. The molecule has 1 heterocycles. The van der Waals surface area contributed by atoms with Crippen molar-refractivity contribution >= 4 is 34.1 Å². The maximum absolute atomic E-state index is 12.5. The van der Waals surface area contributed by atoms with Gasteiger partial charge in [0.05, 0.1) is 12.8 Å². The number of carbonyl (C=O) groups excluding carboxylic acids is 1. The Kier molecular flexibility index (Phi) is 6.48. The number of thiazole rings is 1. The van der Waals surface area contributed by atoms with Crippen LogP contribution in [0.5, 0.6) is 11.5 Å². The van der Waals surface area contributed by atoms with Crippen molar-refractivity contribution in [3.63, 3.8) is 0 Å². The highest BCUT2D eigenvalue weighted by Gasteiger charge is 2.16. The molecule has 1 N–H and O–H groups in total. The Labute approximate surface area is 168 Å². The van der Waals surface area contributed by atoms with Crippen molar-refractivity contribution in [3.8, 4) is 22.8 Å². The molecule has 0 saturated carbocycles. The maximum Gasteiger partial charge on any atom is 0.387 e. The van der Waals surface area contributed by atoms with Crippen LogP contribution in [0.1, 0.15) is 10.4 Å². The number of aromatic nitrogens is 1. The fourth-order valence-corrected chi connectivity index (χ4v) is 3.52. The number of ether oxygens (including phenoxy) is 2. The van der Waals surface area contributed by atoms with Crippen molar-refractivity contribution in [2.24, 2.45) is 0 Å². The summed E-state index contributed by atoms with van der Waals surface area (Å²) in [6.07, 6.45) is 2.00. The lowest BCUT2D eigenvalue weighted by Crippen LogP contribution is -2.12. The van der Waals surface area contributed by atoms with Crippen LogP contribution in [-0.4, -0.2) is 30.9 Å². The van der Waals surface area contributed by atoms with Gasteiger partial charge in [-0.05, 0) is 36.6 Å². The number of hydrogen-bond donors (Lipinski definition) is 1. The summed E-state index contributed by atoms with van der Waals surface area (Å²) in [6.45, 7) is -3.02. The van der Waals surface area contributed by atoms with Crippen LogP contribution in [0.15, 0.2) is 52.7 Å². The Morgan fingerprint density at radius 1 is 1.18 bits per heavy atom. The number of halogens is 2. The van der Waals surface area contributed by atoms with E-state index in [2.05, 4.69) is 15.0 Å². The molecule has 1 aromatic heterocycles. The minimum atomic E-state index is -3.02. The van der Waals surface area contributed by atoms with E-state index in [-0.39, 0.29) is 17.1 Å². The molecular formula is C19H16F2N2O3S2. The van der Waals surface area contributed by atoms with Crippen molar-refractivity contribution in [1.29, 1.82) is 0 Å². The van der Waals surface area contributed by atoms with Gasteiger partial charge in [0.1, 0.15) is 0 Å². The number of methoxy groups -OCH3 is 1. The number of benzene rings is 2. The van der Waals surface area contributed by atoms with Crippen molar-refractivity contribution in [2.75, 3.05) is 18.7 Å². The molecule has 0 spiro atoms. The molecule has 0 unspecified atom stereocenters. The summed E-state index contributed by atoms with van der Waals surface area (Å²) >= 11 is 2.93. The van der Waals surface area contributed by atoms with Crippen LogP contribution in [-0.2, 0) is 0 Å². The smallest absolute Gasteiger partial charge is 0.387 e. The second-order valence-electron chi connectivity index (χ2n) is 5.46. The molecule has 9 heteroatoms. The average Bonchev–Trinajstić information content (AvgIpc) is 3.16. The monoisotopic (exact) mass is 422 g/mol. The molecule has 2 aromatic carbocycles. The summed E-state index contributed by atoms with van der Waals surface area (Å²) in [5, 5.41) is 4.91. The van der Waals surface area contributed by atoms with E-state index in [1.165, 1.54) is 36.6 Å². The maximum atomic E-state index is 12.5. The number of anilines is 1. The Morgan fingerprint density at radius 2 is 1.93 bits per heavy atom. The Morgan fingerprint density at radius 3 is 2.57 bits per heavy atom. The van der Waals surface area contributed by atoms with Crippen LogP contribution >= 0.6 is 23.1 Å². The number of thioether (sulfide) groups is 1. The van der Waals surface area contributed by atoms with Crippen LogP contribution in [0, 0.1) is 0 Å². The van der Waals surface area contributed by atoms with Crippen molar-refractivity contribution in [2.45, 2.75) is 11.5 Å². The van der Waals surface area contributed by atoms with Gasteiger partial charge in [-0.1, -0.05) is 12.1 Å². The third-order valence-corrected chi connectivity index (χ3v) is 5.25. The number of amides is 1. The largest absolute Gasteiger partial charge is 0.493 e. The van der Waals surface area contributed by atoms with Crippen LogP contribution in [0.25, 0.3) is 11.3 Å². The molecule has 28 heavy (non-hydrogen) atoms. The molecule has 0 atom stereocenters. The molecule has 146 valence electrons. The van der Waals surface area contributed by atoms with Gasteiger partial charge in [-0.2, -0.15) is 8.78 Å². The Balaban J connectivity index is 1.75.